The number of hydrogen-bond acceptors (Lipinski definition) is 4. The molecule has 0 aliphatic heterocycles. The number of aliphatic hydroxyl groups excluding tert-OH is 1. The van der Waals surface area contributed by atoms with Crippen molar-refractivity contribution in [1.29, 1.82) is 0 Å². The molecule has 130 valence electrons. The van der Waals surface area contributed by atoms with E-state index in [1.165, 1.54) is 12.5 Å². The molecule has 0 unspecified atom stereocenters. The molecule has 0 amide bonds. The van der Waals surface area contributed by atoms with Crippen LogP contribution < -0.4 is 5.32 Å². The van der Waals surface area contributed by atoms with Crippen LogP contribution in [0, 0.1) is 11.7 Å². The van der Waals surface area contributed by atoms with Crippen molar-refractivity contribution in [3.63, 3.8) is 0 Å². The van der Waals surface area contributed by atoms with E-state index in [9.17, 15) is 9.50 Å². The van der Waals surface area contributed by atoms with Gasteiger partial charge in [0.15, 0.2) is 5.82 Å². The number of benzene rings is 1. The molecule has 0 saturated heterocycles. The van der Waals surface area contributed by atoms with Gasteiger partial charge in [-0.25, -0.2) is 14.4 Å². The average molecular weight is 340 g/mol. The fraction of sp³-hybridized carbons (Fsp3) is 0.368. The fourth-order valence-corrected chi connectivity index (χ4v) is 3.65. The van der Waals surface area contributed by atoms with Crippen LogP contribution in [0.2, 0.25) is 0 Å². The first-order valence-electron chi connectivity index (χ1n) is 8.60. The van der Waals surface area contributed by atoms with Crippen molar-refractivity contribution in [1.82, 2.24) is 14.5 Å². The monoisotopic (exact) mass is 340 g/mol. The molecule has 1 aliphatic rings. The summed E-state index contributed by atoms with van der Waals surface area (Å²) < 4.78 is 16.5. The summed E-state index contributed by atoms with van der Waals surface area (Å²) in [6.07, 6.45) is 4.05. The number of aromatic nitrogens is 3. The summed E-state index contributed by atoms with van der Waals surface area (Å²) in [5, 5.41) is 13.6. The van der Waals surface area contributed by atoms with Crippen molar-refractivity contribution in [2.75, 3.05) is 5.32 Å². The molecule has 25 heavy (non-hydrogen) atoms. The zero-order valence-electron chi connectivity index (χ0n) is 14.1. The van der Waals surface area contributed by atoms with E-state index in [1.807, 2.05) is 41.8 Å². The Morgan fingerprint density at radius 1 is 1.24 bits per heavy atom. The molecule has 1 saturated carbocycles. The average Bonchev–Trinajstić information content (AvgIpc) is 3.14. The summed E-state index contributed by atoms with van der Waals surface area (Å²) in [7, 11) is 0. The molecule has 1 aliphatic carbocycles. The first kappa shape index (κ1) is 16.0. The normalized spacial score (nSPS) is 23.2. The number of halogens is 1. The van der Waals surface area contributed by atoms with Gasteiger partial charge in [-0.2, -0.15) is 0 Å². The van der Waals surface area contributed by atoms with Gasteiger partial charge >= 0.3 is 0 Å². The smallest absolute Gasteiger partial charge is 0.154 e. The molecule has 3 atom stereocenters. The molecule has 2 N–H and O–H groups in total. The highest BCUT2D eigenvalue weighted by Gasteiger charge is 2.32. The molecule has 0 spiro atoms. The fourth-order valence-electron chi connectivity index (χ4n) is 3.65. The molecule has 3 aromatic rings. The molecule has 6 heteroatoms. The minimum Gasteiger partial charge on any atom is -0.393 e. The molecule has 0 bridgehead atoms. The summed E-state index contributed by atoms with van der Waals surface area (Å²) >= 11 is 0. The minimum atomic E-state index is -0.344. The van der Waals surface area contributed by atoms with Crippen LogP contribution in [0.4, 0.5) is 10.2 Å². The maximum Gasteiger partial charge on any atom is 0.154 e. The van der Waals surface area contributed by atoms with E-state index >= 15 is 0 Å². The van der Waals surface area contributed by atoms with Crippen molar-refractivity contribution in [3.8, 4) is 0 Å². The Kier molecular flexibility index (Phi) is 4.13. The lowest BCUT2D eigenvalue weighted by atomic mass is 10.1. The van der Waals surface area contributed by atoms with Gasteiger partial charge in [-0.3, -0.25) is 0 Å². The van der Waals surface area contributed by atoms with E-state index in [4.69, 9.17) is 0 Å². The summed E-state index contributed by atoms with van der Waals surface area (Å²) in [4.78, 5) is 8.53. The summed E-state index contributed by atoms with van der Waals surface area (Å²) in [6.45, 7) is 2.59. The van der Waals surface area contributed by atoms with Gasteiger partial charge in [0.05, 0.1) is 11.5 Å². The second kappa shape index (κ2) is 6.44. The van der Waals surface area contributed by atoms with E-state index in [-0.39, 0.29) is 23.9 Å². The topological polar surface area (TPSA) is 63.0 Å². The van der Waals surface area contributed by atoms with Gasteiger partial charge in [-0.1, -0.05) is 37.3 Å². The molecule has 1 aromatic carbocycles. The predicted molar refractivity (Wildman–Crippen MR) is 94.7 cm³/mol. The number of rotatable bonds is 4. The van der Waals surface area contributed by atoms with Crippen LogP contribution in [0.3, 0.4) is 0 Å². The van der Waals surface area contributed by atoms with Crippen LogP contribution in [-0.2, 0) is 6.54 Å². The zero-order chi connectivity index (χ0) is 17.4. The molecule has 4 rings (SSSR count). The van der Waals surface area contributed by atoms with E-state index in [2.05, 4.69) is 15.3 Å². The van der Waals surface area contributed by atoms with Crippen LogP contribution in [0.1, 0.15) is 31.4 Å². The van der Waals surface area contributed by atoms with Gasteiger partial charge in [-0.15, -0.1) is 0 Å². The van der Waals surface area contributed by atoms with Gasteiger partial charge in [0.2, 0.25) is 0 Å². The van der Waals surface area contributed by atoms with Crippen molar-refractivity contribution < 1.29 is 9.50 Å². The minimum absolute atomic E-state index is 0.0638. The molecular weight excluding hydrogens is 319 g/mol. The Hall–Kier alpha value is -2.47. The van der Waals surface area contributed by atoms with E-state index < -0.39 is 0 Å². The van der Waals surface area contributed by atoms with Gasteiger partial charge in [0.1, 0.15) is 17.8 Å². The Balaban J connectivity index is 1.66. The molecular formula is C19H21FN4O. The van der Waals surface area contributed by atoms with Crippen molar-refractivity contribution in [2.45, 2.75) is 38.5 Å². The third-order valence-corrected chi connectivity index (χ3v) is 5.07. The quantitative estimate of drug-likeness (QED) is 0.763. The summed E-state index contributed by atoms with van der Waals surface area (Å²) in [5.74, 6) is 0.375. The SMILES string of the molecule is C[C@H]1C[C@@H](n2cc(F)c3c(NCc4ccccc4)ncnc32)C[C@@H]1O. The molecule has 0 radical (unpaired) electrons. The maximum absolute atomic E-state index is 14.6. The lowest BCUT2D eigenvalue weighted by Gasteiger charge is -2.13. The Morgan fingerprint density at radius 2 is 2.04 bits per heavy atom. The number of fused-ring (bicyclic) bond motifs is 1. The Bertz CT molecular complexity index is 870. The number of aliphatic hydroxyl groups is 1. The lowest BCUT2D eigenvalue weighted by molar-refractivity contribution is 0.139. The van der Waals surface area contributed by atoms with E-state index in [1.54, 1.807) is 0 Å². The predicted octanol–water partition coefficient (Wildman–Crippen LogP) is 3.51. The maximum atomic E-state index is 14.6. The molecule has 2 aromatic heterocycles. The largest absolute Gasteiger partial charge is 0.393 e. The third-order valence-electron chi connectivity index (χ3n) is 5.07. The van der Waals surface area contributed by atoms with Gasteiger partial charge in [0, 0.05) is 18.8 Å². The van der Waals surface area contributed by atoms with Crippen LogP contribution in [0.25, 0.3) is 11.0 Å². The number of anilines is 1. The van der Waals surface area contributed by atoms with Crippen LogP contribution in [0.15, 0.2) is 42.9 Å². The van der Waals surface area contributed by atoms with E-state index in [0.29, 0.717) is 29.8 Å². The lowest BCUT2D eigenvalue weighted by Crippen LogP contribution is -2.09. The molecule has 5 nitrogen and oxygen atoms in total. The van der Waals surface area contributed by atoms with Crippen molar-refractivity contribution >= 4 is 16.9 Å². The highest BCUT2D eigenvalue weighted by Crippen LogP contribution is 2.38. The third kappa shape index (κ3) is 2.98. The highest BCUT2D eigenvalue weighted by atomic mass is 19.1. The number of nitrogens with zero attached hydrogens (tertiary/aromatic N) is 3. The number of hydrogen-bond donors (Lipinski definition) is 2. The first-order valence-corrected chi connectivity index (χ1v) is 8.60. The van der Waals surface area contributed by atoms with Gasteiger partial charge < -0.3 is 15.0 Å². The second-order valence-electron chi connectivity index (χ2n) is 6.81. The first-order chi connectivity index (χ1) is 12.1. The molecule has 2 heterocycles. The summed E-state index contributed by atoms with van der Waals surface area (Å²) in [5.41, 5.74) is 1.68. The van der Waals surface area contributed by atoms with Gasteiger partial charge in [-0.05, 0) is 24.3 Å². The standard InChI is InChI=1S/C19H21FN4O/c1-12-7-14(8-16(12)25)24-10-15(20)17-18(22-11-23-19(17)24)21-9-13-5-3-2-4-6-13/h2-6,10-12,14,16,25H,7-9H2,1H3,(H,21,22,23)/t12-,14+,16-/m0/s1. The second-order valence-corrected chi connectivity index (χ2v) is 6.81. The Morgan fingerprint density at radius 3 is 2.76 bits per heavy atom. The zero-order valence-corrected chi connectivity index (χ0v) is 14.1. The number of nitrogens with one attached hydrogen (secondary N) is 1. The molecule has 1 fully saturated rings. The van der Waals surface area contributed by atoms with Crippen molar-refractivity contribution in [3.05, 3.63) is 54.2 Å². The van der Waals surface area contributed by atoms with E-state index in [0.717, 1.165) is 12.0 Å². The summed E-state index contributed by atoms with van der Waals surface area (Å²) in [6, 6.07) is 9.98. The van der Waals surface area contributed by atoms with Crippen LogP contribution in [-0.4, -0.2) is 25.7 Å². The van der Waals surface area contributed by atoms with Crippen LogP contribution >= 0.6 is 0 Å². The van der Waals surface area contributed by atoms with Crippen molar-refractivity contribution in [2.24, 2.45) is 5.92 Å². The Labute approximate surface area is 145 Å². The van der Waals surface area contributed by atoms with Crippen LogP contribution in [0.5, 0.6) is 0 Å². The van der Waals surface area contributed by atoms with Gasteiger partial charge in [0.25, 0.3) is 0 Å². The highest BCUT2D eigenvalue weighted by molar-refractivity contribution is 5.88.